The van der Waals surface area contributed by atoms with Gasteiger partial charge in [-0.1, -0.05) is 6.92 Å². The molecule has 0 spiro atoms. The molecule has 4 heteroatoms. The number of amides is 1. The van der Waals surface area contributed by atoms with Crippen LogP contribution in [0.25, 0.3) is 0 Å². The zero-order valence-electron chi connectivity index (χ0n) is 9.08. The number of hydrogen-bond acceptors (Lipinski definition) is 3. The van der Waals surface area contributed by atoms with Gasteiger partial charge in [0.2, 0.25) is 5.91 Å². The Kier molecular flexibility index (Phi) is 4.90. The van der Waals surface area contributed by atoms with Crippen LogP contribution in [-0.2, 0) is 9.53 Å². The van der Waals surface area contributed by atoms with Gasteiger partial charge in [0.05, 0.1) is 12.6 Å². The van der Waals surface area contributed by atoms with Gasteiger partial charge in [-0.05, 0) is 25.9 Å². The smallest absolute Gasteiger partial charge is 0.237 e. The molecule has 1 amide bonds. The molecule has 4 nitrogen and oxygen atoms in total. The molecule has 1 N–H and O–H groups in total. The molecule has 1 heterocycles. The molecule has 0 saturated carbocycles. The number of nitrogens with one attached hydrogen (secondary N) is 1. The van der Waals surface area contributed by atoms with Gasteiger partial charge < -0.3 is 10.1 Å². The van der Waals surface area contributed by atoms with Gasteiger partial charge in [0.15, 0.2) is 0 Å². The number of likely N-dealkylation sites (tertiary alicyclic amines) is 1. The maximum atomic E-state index is 11.7. The van der Waals surface area contributed by atoms with Gasteiger partial charge in [0.25, 0.3) is 0 Å². The second-order valence-electron chi connectivity index (χ2n) is 3.57. The molecule has 1 aliphatic heterocycles. The molecule has 1 rings (SSSR count). The molecular formula is C10H20N2O2. The minimum atomic E-state index is 0.0943. The summed E-state index contributed by atoms with van der Waals surface area (Å²) in [4.78, 5) is 13.9. The van der Waals surface area contributed by atoms with E-state index >= 15 is 0 Å². The van der Waals surface area contributed by atoms with Crippen molar-refractivity contribution in [2.75, 3.05) is 33.4 Å². The predicted octanol–water partition coefficient (Wildman–Crippen LogP) is 0.233. The first-order valence-corrected chi connectivity index (χ1v) is 5.30. The summed E-state index contributed by atoms with van der Waals surface area (Å²) in [7, 11) is 1.64. The van der Waals surface area contributed by atoms with Crippen LogP contribution >= 0.6 is 0 Å². The summed E-state index contributed by atoms with van der Waals surface area (Å²) in [5.74, 6) is 0.154. The fraction of sp³-hybridized carbons (Fsp3) is 0.900. The predicted molar refractivity (Wildman–Crippen MR) is 55.2 cm³/mol. The van der Waals surface area contributed by atoms with Gasteiger partial charge in [0.1, 0.15) is 0 Å². The molecule has 82 valence electrons. The van der Waals surface area contributed by atoms with Crippen LogP contribution < -0.4 is 5.32 Å². The van der Waals surface area contributed by atoms with E-state index in [9.17, 15) is 4.79 Å². The van der Waals surface area contributed by atoms with E-state index in [2.05, 4.69) is 17.1 Å². The Labute approximate surface area is 85.6 Å². The van der Waals surface area contributed by atoms with Crippen LogP contribution in [-0.4, -0.2) is 50.2 Å². The normalized spacial score (nSPS) is 22.6. The minimum absolute atomic E-state index is 0.0943. The third-order valence-electron chi connectivity index (χ3n) is 2.68. The monoisotopic (exact) mass is 200 g/mol. The number of likely N-dealkylation sites (N-methyl/N-ethyl adjacent to an activating group) is 1. The summed E-state index contributed by atoms with van der Waals surface area (Å²) >= 11 is 0. The maximum Gasteiger partial charge on any atom is 0.237 e. The second-order valence-corrected chi connectivity index (χ2v) is 3.57. The average Bonchev–Trinajstić information content (AvgIpc) is 2.65. The van der Waals surface area contributed by atoms with E-state index < -0.39 is 0 Å². The van der Waals surface area contributed by atoms with E-state index in [4.69, 9.17) is 4.74 Å². The maximum absolute atomic E-state index is 11.7. The van der Waals surface area contributed by atoms with E-state index in [1.54, 1.807) is 7.11 Å². The molecule has 0 aromatic rings. The number of ether oxygens (including phenoxy) is 1. The molecule has 0 radical (unpaired) electrons. The van der Waals surface area contributed by atoms with Gasteiger partial charge in [-0.2, -0.15) is 0 Å². The van der Waals surface area contributed by atoms with Crippen LogP contribution in [0.15, 0.2) is 0 Å². The third-order valence-corrected chi connectivity index (χ3v) is 2.68. The molecule has 1 unspecified atom stereocenters. The Morgan fingerprint density at radius 3 is 3.07 bits per heavy atom. The Hall–Kier alpha value is -0.610. The third kappa shape index (κ3) is 2.96. The quantitative estimate of drug-likeness (QED) is 0.646. The second kappa shape index (κ2) is 5.98. The summed E-state index contributed by atoms with van der Waals surface area (Å²) in [6, 6.07) is 0.0943. The van der Waals surface area contributed by atoms with Crippen molar-refractivity contribution in [2.45, 2.75) is 25.8 Å². The van der Waals surface area contributed by atoms with Crippen LogP contribution in [0.1, 0.15) is 19.8 Å². The molecule has 1 fully saturated rings. The average molecular weight is 200 g/mol. The van der Waals surface area contributed by atoms with Crippen LogP contribution in [0.3, 0.4) is 0 Å². The van der Waals surface area contributed by atoms with Crippen LogP contribution in [0.5, 0.6) is 0 Å². The van der Waals surface area contributed by atoms with Gasteiger partial charge in [-0.15, -0.1) is 0 Å². The highest BCUT2D eigenvalue weighted by Crippen LogP contribution is 2.16. The summed E-state index contributed by atoms with van der Waals surface area (Å²) in [5, 5.41) is 2.88. The number of carbonyl (C=O) groups excluding carboxylic acids is 1. The van der Waals surface area contributed by atoms with Crippen molar-refractivity contribution >= 4 is 5.91 Å². The van der Waals surface area contributed by atoms with Crippen molar-refractivity contribution < 1.29 is 9.53 Å². The van der Waals surface area contributed by atoms with E-state index in [1.807, 2.05) is 0 Å². The lowest BCUT2D eigenvalue weighted by Crippen LogP contribution is -2.43. The first kappa shape index (κ1) is 11.5. The highest BCUT2D eigenvalue weighted by atomic mass is 16.5. The van der Waals surface area contributed by atoms with E-state index in [-0.39, 0.29) is 11.9 Å². The lowest BCUT2D eigenvalue weighted by atomic mass is 10.2. The summed E-state index contributed by atoms with van der Waals surface area (Å²) in [6.45, 7) is 5.32. The number of methoxy groups -OCH3 is 1. The summed E-state index contributed by atoms with van der Waals surface area (Å²) in [6.07, 6.45) is 2.13. The largest absolute Gasteiger partial charge is 0.383 e. The number of nitrogens with zero attached hydrogens (tertiary/aromatic N) is 1. The van der Waals surface area contributed by atoms with Crippen LogP contribution in [0.2, 0.25) is 0 Å². The first-order valence-electron chi connectivity index (χ1n) is 5.30. The van der Waals surface area contributed by atoms with Gasteiger partial charge >= 0.3 is 0 Å². The molecule has 1 atom stereocenters. The molecule has 0 bridgehead atoms. The van der Waals surface area contributed by atoms with E-state index in [1.165, 1.54) is 0 Å². The van der Waals surface area contributed by atoms with Crippen LogP contribution in [0, 0.1) is 0 Å². The van der Waals surface area contributed by atoms with E-state index in [0.29, 0.717) is 13.2 Å². The lowest BCUT2D eigenvalue weighted by Gasteiger charge is -2.21. The van der Waals surface area contributed by atoms with Crippen LogP contribution in [0.4, 0.5) is 0 Å². The molecule has 1 saturated heterocycles. The zero-order chi connectivity index (χ0) is 10.4. The standard InChI is InChI=1S/C10H20N2O2/c1-3-12-7-4-5-9(12)10(13)11-6-8-14-2/h9H,3-8H2,1-2H3,(H,11,13). The first-order chi connectivity index (χ1) is 6.79. The topological polar surface area (TPSA) is 41.6 Å². The van der Waals surface area contributed by atoms with Gasteiger partial charge in [-0.3, -0.25) is 9.69 Å². The lowest BCUT2D eigenvalue weighted by molar-refractivity contribution is -0.125. The van der Waals surface area contributed by atoms with Crippen molar-refractivity contribution in [2.24, 2.45) is 0 Å². The Bertz CT molecular complexity index is 185. The minimum Gasteiger partial charge on any atom is -0.383 e. The SMILES string of the molecule is CCN1CCCC1C(=O)NCCOC. The number of carbonyl (C=O) groups is 1. The van der Waals surface area contributed by atoms with Crippen molar-refractivity contribution in [1.29, 1.82) is 0 Å². The molecule has 14 heavy (non-hydrogen) atoms. The molecule has 1 aliphatic rings. The highest BCUT2D eigenvalue weighted by Gasteiger charge is 2.28. The summed E-state index contributed by atoms with van der Waals surface area (Å²) in [5.41, 5.74) is 0. The van der Waals surface area contributed by atoms with Crippen molar-refractivity contribution in [1.82, 2.24) is 10.2 Å². The van der Waals surface area contributed by atoms with Gasteiger partial charge in [0, 0.05) is 13.7 Å². The van der Waals surface area contributed by atoms with Crippen molar-refractivity contribution in [3.63, 3.8) is 0 Å². The Morgan fingerprint density at radius 1 is 1.64 bits per heavy atom. The Morgan fingerprint density at radius 2 is 2.43 bits per heavy atom. The number of hydrogen-bond donors (Lipinski definition) is 1. The fourth-order valence-corrected chi connectivity index (χ4v) is 1.90. The molecular weight excluding hydrogens is 180 g/mol. The molecule has 0 aromatic carbocycles. The van der Waals surface area contributed by atoms with Gasteiger partial charge in [-0.25, -0.2) is 0 Å². The summed E-state index contributed by atoms with van der Waals surface area (Å²) < 4.78 is 4.88. The highest BCUT2D eigenvalue weighted by molar-refractivity contribution is 5.81. The molecule has 0 aliphatic carbocycles. The van der Waals surface area contributed by atoms with E-state index in [0.717, 1.165) is 25.9 Å². The van der Waals surface area contributed by atoms with Crippen molar-refractivity contribution in [3.05, 3.63) is 0 Å². The number of rotatable bonds is 5. The van der Waals surface area contributed by atoms with Crippen molar-refractivity contribution in [3.8, 4) is 0 Å². The fourth-order valence-electron chi connectivity index (χ4n) is 1.90. The Balaban J connectivity index is 2.28. The molecule has 0 aromatic heterocycles. The zero-order valence-corrected chi connectivity index (χ0v) is 9.08.